The van der Waals surface area contributed by atoms with E-state index < -0.39 is 0 Å². The van der Waals surface area contributed by atoms with Crippen LogP contribution in [0.5, 0.6) is 0 Å². The number of anilines is 2. The normalized spacial score (nSPS) is 10.4. The Hall–Kier alpha value is -2.74. The van der Waals surface area contributed by atoms with E-state index in [1.165, 1.54) is 11.3 Å². The molecule has 0 radical (unpaired) electrons. The zero-order chi connectivity index (χ0) is 13.9. The molecule has 0 bridgehead atoms. The number of carbonyl (C=O) groups is 1. The molecule has 8 heteroatoms. The summed E-state index contributed by atoms with van der Waals surface area (Å²) < 4.78 is 1.59. The molecule has 20 heavy (non-hydrogen) atoms. The molecule has 3 rings (SSSR count). The minimum atomic E-state index is -0.329. The van der Waals surface area contributed by atoms with Crippen LogP contribution >= 0.6 is 11.3 Å². The van der Waals surface area contributed by atoms with Crippen molar-refractivity contribution in [1.82, 2.24) is 20.0 Å². The Morgan fingerprint density at radius 1 is 1.35 bits per heavy atom. The summed E-state index contributed by atoms with van der Waals surface area (Å²) in [5, 5.41) is 14.7. The van der Waals surface area contributed by atoms with Crippen LogP contribution in [-0.2, 0) is 0 Å². The average Bonchev–Trinajstić information content (AvgIpc) is 3.09. The second-order valence-electron chi connectivity index (χ2n) is 3.94. The first-order chi connectivity index (χ1) is 9.72. The number of benzene rings is 1. The molecule has 3 aromatic rings. The van der Waals surface area contributed by atoms with Gasteiger partial charge in [0.2, 0.25) is 5.13 Å². The van der Waals surface area contributed by atoms with E-state index in [0.29, 0.717) is 16.5 Å². The molecule has 0 spiro atoms. The first-order valence-electron chi connectivity index (χ1n) is 5.71. The van der Waals surface area contributed by atoms with E-state index in [-0.39, 0.29) is 5.91 Å². The van der Waals surface area contributed by atoms with E-state index in [9.17, 15) is 4.79 Å². The molecule has 3 N–H and O–H groups in total. The van der Waals surface area contributed by atoms with Crippen LogP contribution in [0, 0.1) is 0 Å². The summed E-state index contributed by atoms with van der Waals surface area (Å²) >= 11 is 1.25. The van der Waals surface area contributed by atoms with Gasteiger partial charge in [0.05, 0.1) is 5.69 Å². The van der Waals surface area contributed by atoms with Crippen molar-refractivity contribution in [3.05, 3.63) is 47.7 Å². The van der Waals surface area contributed by atoms with Crippen molar-refractivity contribution < 1.29 is 4.79 Å². The van der Waals surface area contributed by atoms with Crippen LogP contribution in [0.15, 0.2) is 42.0 Å². The van der Waals surface area contributed by atoms with E-state index >= 15 is 0 Å². The van der Waals surface area contributed by atoms with Crippen LogP contribution in [0.4, 0.5) is 10.8 Å². The lowest BCUT2D eigenvalue weighted by Gasteiger charge is -2.02. The van der Waals surface area contributed by atoms with Gasteiger partial charge < -0.3 is 5.73 Å². The first kappa shape index (κ1) is 12.3. The van der Waals surface area contributed by atoms with Crippen molar-refractivity contribution >= 4 is 28.1 Å². The predicted molar refractivity (Wildman–Crippen MR) is 75.8 cm³/mol. The largest absolute Gasteiger partial charge is 0.399 e. The number of carbonyl (C=O) groups excluding carboxylic acids is 1. The molecule has 0 aliphatic heterocycles. The minimum absolute atomic E-state index is 0.294. The number of nitrogens with two attached hydrogens (primary N) is 1. The molecule has 100 valence electrons. The summed E-state index contributed by atoms with van der Waals surface area (Å²) in [6, 6.07) is 8.87. The molecule has 1 amide bonds. The van der Waals surface area contributed by atoms with Gasteiger partial charge in [-0.25, -0.2) is 4.68 Å². The Bertz CT molecular complexity index is 736. The number of rotatable bonds is 3. The molecule has 0 aliphatic carbocycles. The highest BCUT2D eigenvalue weighted by Crippen LogP contribution is 2.13. The number of nitrogens with zero attached hydrogens (tertiary/aromatic N) is 4. The molecule has 1 aromatic carbocycles. The van der Waals surface area contributed by atoms with Gasteiger partial charge in [0.1, 0.15) is 5.51 Å². The summed E-state index contributed by atoms with van der Waals surface area (Å²) in [4.78, 5) is 12.0. The zero-order valence-corrected chi connectivity index (χ0v) is 11.0. The van der Waals surface area contributed by atoms with Crippen LogP contribution in [0.25, 0.3) is 5.69 Å². The summed E-state index contributed by atoms with van der Waals surface area (Å²) in [6.07, 6.45) is 1.70. The monoisotopic (exact) mass is 286 g/mol. The lowest BCUT2D eigenvalue weighted by Crippen LogP contribution is -2.13. The molecule has 7 nitrogen and oxygen atoms in total. The number of aromatic nitrogens is 4. The Balaban J connectivity index is 1.81. The second kappa shape index (κ2) is 5.10. The van der Waals surface area contributed by atoms with Crippen molar-refractivity contribution in [1.29, 1.82) is 0 Å². The molecule has 0 saturated carbocycles. The third-order valence-corrected chi connectivity index (χ3v) is 3.14. The van der Waals surface area contributed by atoms with Gasteiger partial charge in [0.15, 0.2) is 5.69 Å². The molecular weight excluding hydrogens is 276 g/mol. The highest BCUT2D eigenvalue weighted by molar-refractivity contribution is 7.13. The highest BCUT2D eigenvalue weighted by atomic mass is 32.1. The van der Waals surface area contributed by atoms with E-state index in [0.717, 1.165) is 5.69 Å². The predicted octanol–water partition coefficient (Wildman–Crippen LogP) is 1.56. The van der Waals surface area contributed by atoms with Crippen molar-refractivity contribution in [3.8, 4) is 5.69 Å². The standard InChI is InChI=1S/C12H10N6OS/c13-8-2-1-3-9(6-8)18-5-4-10(17-18)11(19)15-12-16-14-7-20-12/h1-7H,13H2,(H,15,16,19). The Morgan fingerprint density at radius 3 is 3.00 bits per heavy atom. The summed E-state index contributed by atoms with van der Waals surface area (Å²) in [6.45, 7) is 0. The van der Waals surface area contributed by atoms with E-state index in [2.05, 4.69) is 20.6 Å². The van der Waals surface area contributed by atoms with Crippen LogP contribution in [-0.4, -0.2) is 25.9 Å². The lowest BCUT2D eigenvalue weighted by atomic mass is 10.3. The highest BCUT2D eigenvalue weighted by Gasteiger charge is 2.11. The topological polar surface area (TPSA) is 98.7 Å². The molecule has 0 unspecified atom stereocenters. The maximum Gasteiger partial charge on any atom is 0.277 e. The number of hydrogen-bond acceptors (Lipinski definition) is 6. The third kappa shape index (κ3) is 2.50. The van der Waals surface area contributed by atoms with Gasteiger partial charge in [-0.15, -0.1) is 10.2 Å². The van der Waals surface area contributed by atoms with Gasteiger partial charge in [-0.2, -0.15) is 5.10 Å². The third-order valence-electron chi connectivity index (χ3n) is 2.54. The molecule has 0 saturated heterocycles. The van der Waals surface area contributed by atoms with E-state index in [4.69, 9.17) is 5.73 Å². The fraction of sp³-hybridized carbons (Fsp3) is 0. The van der Waals surface area contributed by atoms with Gasteiger partial charge in [-0.1, -0.05) is 17.4 Å². The number of hydrogen-bond donors (Lipinski definition) is 2. The van der Waals surface area contributed by atoms with Gasteiger partial charge in [0, 0.05) is 11.9 Å². The van der Waals surface area contributed by atoms with Crippen molar-refractivity contribution in [2.75, 3.05) is 11.1 Å². The summed E-state index contributed by atoms with van der Waals surface area (Å²) in [5.41, 5.74) is 8.98. The van der Waals surface area contributed by atoms with Crippen LogP contribution < -0.4 is 11.1 Å². The molecule has 0 aliphatic rings. The van der Waals surface area contributed by atoms with Crippen LogP contribution in [0.3, 0.4) is 0 Å². The summed E-state index contributed by atoms with van der Waals surface area (Å²) in [7, 11) is 0. The molecule has 0 fully saturated rings. The maximum atomic E-state index is 12.0. The van der Waals surface area contributed by atoms with Gasteiger partial charge in [-0.05, 0) is 24.3 Å². The maximum absolute atomic E-state index is 12.0. The minimum Gasteiger partial charge on any atom is -0.399 e. The first-order valence-corrected chi connectivity index (χ1v) is 6.59. The van der Waals surface area contributed by atoms with Crippen LogP contribution in [0.1, 0.15) is 10.5 Å². The van der Waals surface area contributed by atoms with Gasteiger partial charge in [0.25, 0.3) is 5.91 Å². The lowest BCUT2D eigenvalue weighted by molar-refractivity contribution is 0.102. The zero-order valence-electron chi connectivity index (χ0n) is 10.2. The van der Waals surface area contributed by atoms with E-state index in [1.807, 2.05) is 12.1 Å². The van der Waals surface area contributed by atoms with Gasteiger partial charge >= 0.3 is 0 Å². The smallest absolute Gasteiger partial charge is 0.277 e. The Labute approximate surface area is 118 Å². The van der Waals surface area contributed by atoms with Crippen molar-refractivity contribution in [2.45, 2.75) is 0 Å². The molecule has 2 heterocycles. The SMILES string of the molecule is Nc1cccc(-n2ccc(C(=O)Nc3nncs3)n2)c1. The quantitative estimate of drug-likeness (QED) is 0.712. The Kier molecular flexibility index (Phi) is 3.13. The molecular formula is C12H10N6OS. The Morgan fingerprint density at radius 2 is 2.25 bits per heavy atom. The van der Waals surface area contributed by atoms with Crippen molar-refractivity contribution in [2.24, 2.45) is 0 Å². The van der Waals surface area contributed by atoms with E-state index in [1.54, 1.807) is 34.6 Å². The molecule has 2 aromatic heterocycles. The number of nitrogen functional groups attached to an aromatic ring is 1. The van der Waals surface area contributed by atoms with Gasteiger partial charge in [-0.3, -0.25) is 10.1 Å². The average molecular weight is 286 g/mol. The fourth-order valence-corrected chi connectivity index (χ4v) is 2.08. The van der Waals surface area contributed by atoms with Crippen molar-refractivity contribution in [3.63, 3.8) is 0 Å². The fourth-order valence-electron chi connectivity index (χ4n) is 1.64. The number of nitrogens with one attached hydrogen (secondary N) is 1. The summed E-state index contributed by atoms with van der Waals surface area (Å²) in [5.74, 6) is -0.329. The molecule has 0 atom stereocenters. The second-order valence-corrected chi connectivity index (χ2v) is 4.77. The van der Waals surface area contributed by atoms with Crippen LogP contribution in [0.2, 0.25) is 0 Å². The number of amides is 1.